The van der Waals surface area contributed by atoms with E-state index in [1.807, 2.05) is 64.0 Å². The molecule has 0 aliphatic carbocycles. The van der Waals surface area contributed by atoms with Crippen LogP contribution in [0.25, 0.3) is 33.1 Å². The highest BCUT2D eigenvalue weighted by atomic mass is 28.3. The fourth-order valence-electron chi connectivity index (χ4n) is 7.09. The van der Waals surface area contributed by atoms with E-state index in [0.29, 0.717) is 29.3 Å². The molecule has 1 N–H and O–H groups in total. The molecule has 1 aromatic carbocycles. The van der Waals surface area contributed by atoms with E-state index in [1.165, 1.54) is 0 Å². The number of nitrogens with zero attached hydrogens (tertiary/aromatic N) is 6. The van der Waals surface area contributed by atoms with Gasteiger partial charge in [0.2, 0.25) is 5.95 Å². The lowest BCUT2D eigenvalue weighted by Crippen LogP contribution is -2.52. The normalized spacial score (nSPS) is 19.9. The molecule has 47 heavy (non-hydrogen) atoms. The maximum atomic E-state index is 14.4. The number of amides is 1. The molecule has 1 amide bonds. The predicted octanol–water partition coefficient (Wildman–Crippen LogP) is 5.63. The number of benzene rings is 1. The van der Waals surface area contributed by atoms with Crippen LogP contribution in [0.2, 0.25) is 25.7 Å². The van der Waals surface area contributed by atoms with Crippen LogP contribution in [-0.4, -0.2) is 75.5 Å². The van der Waals surface area contributed by atoms with Crippen molar-refractivity contribution in [2.24, 2.45) is 14.1 Å². The summed E-state index contributed by atoms with van der Waals surface area (Å²) in [4.78, 5) is 34.5. The van der Waals surface area contributed by atoms with Gasteiger partial charge in [-0.05, 0) is 64.6 Å². The Hall–Kier alpha value is -3.84. The van der Waals surface area contributed by atoms with E-state index in [4.69, 9.17) is 19.2 Å². The average molecular weight is 664 g/mol. The molecule has 13 heteroatoms. The highest BCUT2D eigenvalue weighted by molar-refractivity contribution is 6.76. The Kier molecular flexibility index (Phi) is 8.66. The average Bonchev–Trinajstić information content (AvgIpc) is 3.61. The molecule has 2 aliphatic heterocycles. The number of methoxy groups -OCH3 is 1. The van der Waals surface area contributed by atoms with Crippen LogP contribution in [0.4, 0.5) is 10.7 Å². The standard InChI is InChI=1S/C34H49N7O5Si/c1-34(2,3)46-33(43)35-21-16-22-10-11-23(17-21)41(22)32-36-30-28(31(42)39(32)5)25(19-40(30)20-45-14-15-47(7,8)9)24-12-13-27-26(29(24)44-6)18-38(4)37-27/h12-13,18-19,21-23H,10-11,14-17,20H2,1-9H3,(H,35,43)/t21?,22-,23+. The lowest BCUT2D eigenvalue weighted by molar-refractivity contribution is 0.0492. The van der Waals surface area contributed by atoms with Crippen molar-refractivity contribution in [2.45, 2.75) is 103 Å². The smallest absolute Gasteiger partial charge is 0.407 e. The van der Waals surface area contributed by atoms with Crippen molar-refractivity contribution in [3.8, 4) is 16.9 Å². The van der Waals surface area contributed by atoms with Gasteiger partial charge < -0.3 is 29.0 Å². The zero-order chi connectivity index (χ0) is 33.8. The van der Waals surface area contributed by atoms with Crippen LogP contribution in [0.15, 0.2) is 29.3 Å². The molecule has 2 saturated heterocycles. The summed E-state index contributed by atoms with van der Waals surface area (Å²) in [5.41, 5.74) is 2.29. The summed E-state index contributed by atoms with van der Waals surface area (Å²) in [6.07, 6.45) is 6.99. The molecule has 2 aliphatic rings. The topological polar surface area (TPSA) is 118 Å². The molecule has 0 spiro atoms. The van der Waals surface area contributed by atoms with E-state index in [-0.39, 0.29) is 36.5 Å². The molecule has 4 aromatic rings. The highest BCUT2D eigenvalue weighted by Crippen LogP contribution is 2.42. The van der Waals surface area contributed by atoms with Gasteiger partial charge in [-0.15, -0.1) is 0 Å². The van der Waals surface area contributed by atoms with Crippen LogP contribution < -0.4 is 20.5 Å². The number of anilines is 1. The molecule has 2 bridgehead atoms. The van der Waals surface area contributed by atoms with Crippen molar-refractivity contribution in [1.82, 2.24) is 29.2 Å². The Balaban J connectivity index is 1.40. The first kappa shape index (κ1) is 33.1. The third-order valence-corrected chi connectivity index (χ3v) is 10.9. The summed E-state index contributed by atoms with van der Waals surface area (Å²) >= 11 is 0. The van der Waals surface area contributed by atoms with Crippen molar-refractivity contribution in [3.63, 3.8) is 0 Å². The molecule has 3 atom stereocenters. The third kappa shape index (κ3) is 6.64. The molecule has 2 fully saturated rings. The van der Waals surface area contributed by atoms with Crippen LogP contribution >= 0.6 is 0 Å². The van der Waals surface area contributed by atoms with Crippen LogP contribution in [0.1, 0.15) is 46.5 Å². The number of carbonyl (C=O) groups is 1. The van der Waals surface area contributed by atoms with E-state index in [1.54, 1.807) is 16.4 Å². The maximum absolute atomic E-state index is 14.4. The van der Waals surface area contributed by atoms with Gasteiger partial charge in [0, 0.05) is 70.4 Å². The summed E-state index contributed by atoms with van der Waals surface area (Å²) in [6, 6.07) is 5.27. The quantitative estimate of drug-likeness (QED) is 0.181. The van der Waals surface area contributed by atoms with Crippen molar-refractivity contribution in [2.75, 3.05) is 18.6 Å². The summed E-state index contributed by atoms with van der Waals surface area (Å²) in [5.74, 6) is 1.31. The molecule has 3 aromatic heterocycles. The number of aromatic nitrogens is 5. The van der Waals surface area contributed by atoms with Gasteiger partial charge in [-0.3, -0.25) is 14.0 Å². The third-order valence-electron chi connectivity index (χ3n) is 9.23. The lowest BCUT2D eigenvalue weighted by Gasteiger charge is -2.40. The van der Waals surface area contributed by atoms with Crippen LogP contribution in [-0.2, 0) is 30.3 Å². The minimum atomic E-state index is -1.29. The van der Waals surface area contributed by atoms with Gasteiger partial charge in [0.25, 0.3) is 5.56 Å². The van der Waals surface area contributed by atoms with Gasteiger partial charge in [-0.25, -0.2) is 4.79 Å². The van der Waals surface area contributed by atoms with Crippen LogP contribution in [0.3, 0.4) is 0 Å². The predicted molar refractivity (Wildman–Crippen MR) is 187 cm³/mol. The fraction of sp³-hybridized carbons (Fsp3) is 0.588. The maximum Gasteiger partial charge on any atom is 0.407 e. The first-order chi connectivity index (χ1) is 22.1. The monoisotopic (exact) mass is 663 g/mol. The summed E-state index contributed by atoms with van der Waals surface area (Å²) in [5, 5.41) is 9.04. The number of alkyl carbamates (subject to hydrolysis) is 1. The number of hydrogen-bond donors (Lipinski definition) is 1. The molecule has 12 nitrogen and oxygen atoms in total. The number of ether oxygens (including phenoxy) is 3. The summed E-state index contributed by atoms with van der Waals surface area (Å²) in [6.45, 7) is 13.5. The summed E-state index contributed by atoms with van der Waals surface area (Å²) < 4.78 is 23.1. The Labute approximate surface area is 277 Å². The van der Waals surface area contributed by atoms with Crippen molar-refractivity contribution in [3.05, 3.63) is 34.9 Å². The van der Waals surface area contributed by atoms with E-state index in [0.717, 1.165) is 53.8 Å². The first-order valence-electron chi connectivity index (χ1n) is 16.6. The Morgan fingerprint density at radius 3 is 2.40 bits per heavy atom. The largest absolute Gasteiger partial charge is 0.495 e. The second-order valence-electron chi connectivity index (χ2n) is 15.3. The molecular formula is C34H49N7O5Si. The zero-order valence-electron chi connectivity index (χ0n) is 29.2. The zero-order valence-corrected chi connectivity index (χ0v) is 30.2. The van der Waals surface area contributed by atoms with E-state index < -0.39 is 13.7 Å². The highest BCUT2D eigenvalue weighted by Gasteiger charge is 2.43. The molecule has 1 unspecified atom stereocenters. The van der Waals surface area contributed by atoms with Gasteiger partial charge in [-0.1, -0.05) is 19.6 Å². The second-order valence-corrected chi connectivity index (χ2v) is 20.9. The lowest BCUT2D eigenvalue weighted by atomic mass is 9.98. The van der Waals surface area contributed by atoms with Crippen molar-refractivity contribution in [1.29, 1.82) is 0 Å². The van der Waals surface area contributed by atoms with Gasteiger partial charge >= 0.3 is 6.09 Å². The fourth-order valence-corrected chi connectivity index (χ4v) is 7.85. The number of piperidine rings is 1. The number of hydrogen-bond acceptors (Lipinski definition) is 8. The minimum absolute atomic E-state index is 0.00412. The van der Waals surface area contributed by atoms with Gasteiger partial charge in [0.15, 0.2) is 5.65 Å². The number of aryl methyl sites for hydroxylation is 1. The Morgan fingerprint density at radius 1 is 1.06 bits per heavy atom. The molecule has 0 saturated carbocycles. The number of carbonyl (C=O) groups excluding carboxylic acids is 1. The summed E-state index contributed by atoms with van der Waals surface area (Å²) in [7, 11) is 4.05. The van der Waals surface area contributed by atoms with E-state index in [9.17, 15) is 9.59 Å². The van der Waals surface area contributed by atoms with Gasteiger partial charge in [-0.2, -0.15) is 10.1 Å². The SMILES string of the molecule is COc1c(-c2cn(COCC[Si](C)(C)C)c3nc(N4[C@@H]5CC[C@H]4CC(NC(=O)OC(C)(C)C)C5)n(C)c(=O)c23)ccc2nn(C)cc12. The van der Waals surface area contributed by atoms with Gasteiger partial charge in [0.1, 0.15) is 18.1 Å². The molecule has 0 radical (unpaired) electrons. The molecule has 6 rings (SSSR count). The van der Waals surface area contributed by atoms with Crippen molar-refractivity contribution >= 4 is 42.1 Å². The van der Waals surface area contributed by atoms with Gasteiger partial charge in [0.05, 0.1) is 23.4 Å². The van der Waals surface area contributed by atoms with E-state index >= 15 is 0 Å². The van der Waals surface area contributed by atoms with Crippen molar-refractivity contribution < 1.29 is 19.0 Å². The number of rotatable bonds is 9. The van der Waals surface area contributed by atoms with E-state index in [2.05, 4.69) is 35.0 Å². The van der Waals surface area contributed by atoms with Crippen LogP contribution in [0.5, 0.6) is 5.75 Å². The Morgan fingerprint density at radius 2 is 1.77 bits per heavy atom. The Bertz CT molecular complexity index is 1850. The minimum Gasteiger partial charge on any atom is -0.495 e. The molecular weight excluding hydrogens is 615 g/mol. The number of nitrogens with one attached hydrogen (secondary N) is 1. The second kappa shape index (κ2) is 12.3. The molecule has 254 valence electrons. The number of fused-ring (bicyclic) bond motifs is 4. The first-order valence-corrected chi connectivity index (χ1v) is 20.3. The van der Waals surface area contributed by atoms with Crippen LogP contribution in [0, 0.1) is 0 Å². The molecule has 5 heterocycles.